The number of hydrazine groups is 2. The highest BCUT2D eigenvalue weighted by molar-refractivity contribution is 4.53. The van der Waals surface area contributed by atoms with Gasteiger partial charge in [0.25, 0.3) is 0 Å². The number of rotatable bonds is 37. The average Bonchev–Trinajstić information content (AvgIpc) is 2.99. The molecule has 0 saturated carbocycles. The number of unbranched alkanes of at least 4 members (excludes halogenated alkanes) is 30. The molecule has 0 fully saturated rings. The Morgan fingerprint density at radius 1 is 0.268 bits per heavy atom. The van der Waals surface area contributed by atoms with Crippen LogP contribution in [0, 0.1) is 0 Å². The molecule has 41 heavy (non-hydrogen) atoms. The SMILES string of the molecule is CCCCCCCCCCCCCCCCCCNN(CC)NCCCCCCCCCCCCCCCCCC. The third-order valence-corrected chi connectivity index (χ3v) is 8.98. The quantitative estimate of drug-likeness (QED) is 0.0566. The maximum absolute atomic E-state index is 3.60. The van der Waals surface area contributed by atoms with Gasteiger partial charge in [-0.15, -0.1) is 0 Å². The van der Waals surface area contributed by atoms with E-state index < -0.39 is 0 Å². The second-order valence-corrected chi connectivity index (χ2v) is 13.2. The smallest absolute Gasteiger partial charge is 0.0259 e. The predicted octanol–water partition coefficient (Wildman–Crippen LogP) is 12.8. The van der Waals surface area contributed by atoms with Crippen molar-refractivity contribution in [3.63, 3.8) is 0 Å². The zero-order valence-corrected chi connectivity index (χ0v) is 29.2. The van der Waals surface area contributed by atoms with Crippen LogP contribution < -0.4 is 10.9 Å². The van der Waals surface area contributed by atoms with Crippen molar-refractivity contribution in [3.05, 3.63) is 0 Å². The van der Waals surface area contributed by atoms with Crippen molar-refractivity contribution in [1.82, 2.24) is 16.0 Å². The molecule has 0 amide bonds. The standard InChI is InChI=1S/C38H81N3/c1-4-7-9-11-13-15-17-19-21-23-25-27-29-31-33-35-37-39-41(6-3)40-38-36-34-32-30-28-26-24-22-20-18-16-14-12-10-8-5-2/h39-40H,4-38H2,1-3H3. The first-order chi connectivity index (χ1) is 20.3. The van der Waals surface area contributed by atoms with E-state index in [2.05, 4.69) is 36.7 Å². The minimum atomic E-state index is 1.03. The Balaban J connectivity index is 3.24. The van der Waals surface area contributed by atoms with Crippen molar-refractivity contribution >= 4 is 0 Å². The maximum Gasteiger partial charge on any atom is 0.0259 e. The largest absolute Gasteiger partial charge is 0.242 e. The molecule has 0 aromatic rings. The van der Waals surface area contributed by atoms with Crippen molar-refractivity contribution in [2.45, 2.75) is 226 Å². The molecular formula is C38H81N3. The van der Waals surface area contributed by atoms with Gasteiger partial charge in [-0.1, -0.05) is 206 Å². The highest BCUT2D eigenvalue weighted by Crippen LogP contribution is 2.15. The Hall–Kier alpha value is -0.120. The molecule has 0 spiro atoms. The molecule has 0 aromatic heterocycles. The summed E-state index contributed by atoms with van der Waals surface area (Å²) in [5.41, 5.74) is 7.19. The normalized spacial score (nSPS) is 11.7. The number of nitrogens with zero attached hydrogens (tertiary/aromatic N) is 1. The minimum Gasteiger partial charge on any atom is -0.242 e. The molecule has 3 nitrogen and oxygen atoms in total. The Morgan fingerprint density at radius 2 is 0.463 bits per heavy atom. The van der Waals surface area contributed by atoms with Crippen molar-refractivity contribution in [1.29, 1.82) is 0 Å². The number of nitrogens with one attached hydrogen (secondary N) is 2. The fourth-order valence-corrected chi connectivity index (χ4v) is 6.05. The summed E-state index contributed by atoms with van der Waals surface area (Å²) in [5, 5.41) is 2.22. The van der Waals surface area contributed by atoms with Crippen LogP contribution in [-0.4, -0.2) is 24.8 Å². The molecule has 2 N–H and O–H groups in total. The van der Waals surface area contributed by atoms with Crippen LogP contribution in [-0.2, 0) is 0 Å². The molecular weight excluding hydrogens is 498 g/mol. The van der Waals surface area contributed by atoms with Gasteiger partial charge in [0, 0.05) is 19.6 Å². The van der Waals surface area contributed by atoms with E-state index >= 15 is 0 Å². The van der Waals surface area contributed by atoms with Gasteiger partial charge >= 0.3 is 0 Å². The average molecular weight is 580 g/mol. The first-order valence-corrected chi connectivity index (χ1v) is 19.6. The van der Waals surface area contributed by atoms with E-state index in [4.69, 9.17) is 0 Å². The van der Waals surface area contributed by atoms with E-state index in [-0.39, 0.29) is 0 Å². The molecule has 0 heterocycles. The van der Waals surface area contributed by atoms with Crippen molar-refractivity contribution in [2.24, 2.45) is 0 Å². The predicted molar refractivity (Wildman–Crippen MR) is 187 cm³/mol. The van der Waals surface area contributed by atoms with Crippen LogP contribution in [0.4, 0.5) is 0 Å². The fourth-order valence-electron chi connectivity index (χ4n) is 6.05. The van der Waals surface area contributed by atoms with Crippen molar-refractivity contribution < 1.29 is 0 Å². The Kier molecular flexibility index (Phi) is 37.8. The van der Waals surface area contributed by atoms with Gasteiger partial charge in [0.05, 0.1) is 0 Å². The molecule has 0 aliphatic carbocycles. The van der Waals surface area contributed by atoms with Crippen LogP contribution in [0.1, 0.15) is 226 Å². The Bertz CT molecular complexity index is 403. The second-order valence-electron chi connectivity index (χ2n) is 13.2. The number of hydrogen-bond donors (Lipinski definition) is 2. The first kappa shape index (κ1) is 40.9. The van der Waals surface area contributed by atoms with E-state index in [9.17, 15) is 0 Å². The lowest BCUT2D eigenvalue weighted by Gasteiger charge is -2.22. The van der Waals surface area contributed by atoms with E-state index in [0.717, 1.165) is 19.6 Å². The van der Waals surface area contributed by atoms with Crippen LogP contribution >= 0.6 is 0 Å². The van der Waals surface area contributed by atoms with Gasteiger partial charge < -0.3 is 0 Å². The molecule has 0 radical (unpaired) electrons. The fraction of sp³-hybridized carbons (Fsp3) is 1.00. The molecule has 248 valence electrons. The zero-order chi connectivity index (χ0) is 29.7. The lowest BCUT2D eigenvalue weighted by Crippen LogP contribution is -2.48. The second kappa shape index (κ2) is 37.9. The maximum atomic E-state index is 3.60. The van der Waals surface area contributed by atoms with Crippen LogP contribution in [0.2, 0.25) is 0 Å². The molecule has 0 bridgehead atoms. The molecule has 0 atom stereocenters. The minimum absolute atomic E-state index is 1.03. The lowest BCUT2D eigenvalue weighted by atomic mass is 10.0. The molecule has 0 aliphatic rings. The van der Waals surface area contributed by atoms with Gasteiger partial charge in [0.1, 0.15) is 0 Å². The van der Waals surface area contributed by atoms with Gasteiger partial charge in [0.2, 0.25) is 0 Å². The highest BCUT2D eigenvalue weighted by atomic mass is 15.7. The Labute approximate surface area is 261 Å². The van der Waals surface area contributed by atoms with Crippen LogP contribution in [0.15, 0.2) is 0 Å². The van der Waals surface area contributed by atoms with Crippen molar-refractivity contribution in [2.75, 3.05) is 19.6 Å². The molecule has 0 rings (SSSR count). The van der Waals surface area contributed by atoms with Gasteiger partial charge in [-0.2, -0.15) is 5.12 Å². The third-order valence-electron chi connectivity index (χ3n) is 8.98. The van der Waals surface area contributed by atoms with Gasteiger partial charge in [-0.25, -0.2) is 10.9 Å². The van der Waals surface area contributed by atoms with Crippen LogP contribution in [0.5, 0.6) is 0 Å². The molecule has 0 saturated heterocycles. The molecule has 0 aliphatic heterocycles. The van der Waals surface area contributed by atoms with Gasteiger partial charge in [-0.3, -0.25) is 0 Å². The van der Waals surface area contributed by atoms with E-state index in [0.29, 0.717) is 0 Å². The van der Waals surface area contributed by atoms with Crippen LogP contribution in [0.3, 0.4) is 0 Å². The number of hydrogen-bond acceptors (Lipinski definition) is 3. The monoisotopic (exact) mass is 580 g/mol. The summed E-state index contributed by atoms with van der Waals surface area (Å²) < 4.78 is 0. The summed E-state index contributed by atoms with van der Waals surface area (Å²) >= 11 is 0. The molecule has 0 aromatic carbocycles. The van der Waals surface area contributed by atoms with E-state index in [1.54, 1.807) is 0 Å². The lowest BCUT2D eigenvalue weighted by molar-refractivity contribution is 0.120. The summed E-state index contributed by atoms with van der Waals surface area (Å²) in [4.78, 5) is 0. The van der Waals surface area contributed by atoms with Crippen molar-refractivity contribution in [3.8, 4) is 0 Å². The summed E-state index contributed by atoms with van der Waals surface area (Å²) in [6.07, 6.45) is 46.0. The highest BCUT2D eigenvalue weighted by Gasteiger charge is 2.01. The van der Waals surface area contributed by atoms with E-state index in [1.165, 1.54) is 205 Å². The van der Waals surface area contributed by atoms with E-state index in [1.807, 2.05) is 0 Å². The molecule has 3 heteroatoms. The topological polar surface area (TPSA) is 27.3 Å². The third kappa shape index (κ3) is 36.0. The summed E-state index contributed by atoms with van der Waals surface area (Å²) in [5.74, 6) is 0. The summed E-state index contributed by atoms with van der Waals surface area (Å²) in [6.45, 7) is 10.1. The molecule has 0 unspecified atom stereocenters. The van der Waals surface area contributed by atoms with Crippen LogP contribution in [0.25, 0.3) is 0 Å². The van der Waals surface area contributed by atoms with Gasteiger partial charge in [0.15, 0.2) is 0 Å². The van der Waals surface area contributed by atoms with Gasteiger partial charge in [-0.05, 0) is 19.8 Å². The summed E-state index contributed by atoms with van der Waals surface area (Å²) in [6, 6.07) is 0. The summed E-state index contributed by atoms with van der Waals surface area (Å²) in [7, 11) is 0. The first-order valence-electron chi connectivity index (χ1n) is 19.6. The zero-order valence-electron chi connectivity index (χ0n) is 29.2. The Morgan fingerprint density at radius 3 is 0.659 bits per heavy atom.